The molecule has 5 heterocycles. The van der Waals surface area contributed by atoms with E-state index in [9.17, 15) is 95.5 Å². The zero-order valence-corrected chi connectivity index (χ0v) is 50.2. The molecule has 34 heteroatoms. The summed E-state index contributed by atoms with van der Waals surface area (Å²) >= 11 is 0. The Morgan fingerprint density at radius 2 is 1.03 bits per heavy atom. The highest BCUT2D eigenvalue weighted by Crippen LogP contribution is 2.43. The highest BCUT2D eigenvalue weighted by atomic mass is 16.8. The van der Waals surface area contributed by atoms with E-state index in [1.807, 2.05) is 0 Å². The van der Waals surface area contributed by atoms with Crippen molar-refractivity contribution in [1.82, 2.24) is 0 Å². The van der Waals surface area contributed by atoms with Gasteiger partial charge in [-0.1, -0.05) is 36.4 Å². The molecule has 0 bridgehead atoms. The van der Waals surface area contributed by atoms with Crippen molar-refractivity contribution < 1.29 is 167 Å². The van der Waals surface area contributed by atoms with Gasteiger partial charge in [0.25, 0.3) is 0 Å². The van der Waals surface area contributed by atoms with Crippen molar-refractivity contribution in [3.63, 3.8) is 0 Å². The normalized spacial score (nSPS) is 36.0. The lowest BCUT2D eigenvalue weighted by Gasteiger charge is -2.51. The lowest BCUT2D eigenvalue weighted by molar-refractivity contribution is -0.423. The Balaban J connectivity index is 1.30. The van der Waals surface area contributed by atoms with Gasteiger partial charge in [-0.15, -0.1) is 0 Å². The van der Waals surface area contributed by atoms with Crippen LogP contribution in [-0.4, -0.2) is 295 Å². The number of hydrogen-bond donors (Lipinski definition) is 14. The van der Waals surface area contributed by atoms with Crippen molar-refractivity contribution in [1.29, 1.82) is 0 Å². The van der Waals surface area contributed by atoms with Crippen molar-refractivity contribution in [3.8, 4) is 17.2 Å². The van der Waals surface area contributed by atoms with Gasteiger partial charge >= 0.3 is 29.8 Å². The van der Waals surface area contributed by atoms with Gasteiger partial charge in [-0.05, 0) is 59.7 Å². The molecule has 8 rings (SSSR count). The van der Waals surface area contributed by atoms with Crippen LogP contribution < -0.4 is 4.74 Å². The first-order valence-corrected chi connectivity index (χ1v) is 29.1. The number of aliphatic hydroxyl groups is 12. The molecule has 3 aromatic rings. The lowest BCUT2D eigenvalue weighted by Crippen LogP contribution is -2.70. The van der Waals surface area contributed by atoms with Crippen LogP contribution in [0.2, 0.25) is 0 Å². The number of methoxy groups -OCH3 is 1. The van der Waals surface area contributed by atoms with Gasteiger partial charge in [0.2, 0.25) is 5.79 Å². The van der Waals surface area contributed by atoms with E-state index in [4.69, 9.17) is 71.1 Å². The van der Waals surface area contributed by atoms with Gasteiger partial charge in [0.05, 0.1) is 39.1 Å². The number of carbonyl (C=O) groups is 5. The molecular weight excluding hydrogens is 1260 g/mol. The van der Waals surface area contributed by atoms with E-state index in [0.29, 0.717) is 5.56 Å². The monoisotopic (exact) mass is 1340 g/mol. The maximum Gasteiger partial charge on any atom is 0.338 e. The second-order valence-corrected chi connectivity index (χ2v) is 22.0. The van der Waals surface area contributed by atoms with Crippen molar-refractivity contribution >= 4 is 42.0 Å². The molecule has 0 radical (unpaired) electrons. The fraction of sp³-hybridized carbons (Fsp3) is 0.550. The molecular formula is C60H74O34. The molecule has 3 aromatic carbocycles. The topological polar surface area (TPSA) is 507 Å². The number of ether oxygens (including phenoxy) is 15. The molecule has 14 N–H and O–H groups in total. The lowest BCUT2D eigenvalue weighted by atomic mass is 9.95. The predicted octanol–water partition coefficient (Wildman–Crippen LogP) is -4.97. The number of aliphatic hydroxyl groups excluding tert-OH is 12. The van der Waals surface area contributed by atoms with Crippen LogP contribution in [0.3, 0.4) is 0 Å². The number of phenols is 2. The maximum atomic E-state index is 14.3. The van der Waals surface area contributed by atoms with Crippen molar-refractivity contribution in [2.75, 3.05) is 46.8 Å². The van der Waals surface area contributed by atoms with Crippen molar-refractivity contribution in [3.05, 3.63) is 102 Å². The van der Waals surface area contributed by atoms with Gasteiger partial charge in [-0.2, -0.15) is 0 Å². The molecule has 0 unspecified atom stereocenters. The molecule has 0 amide bonds. The second kappa shape index (κ2) is 32.7. The molecule has 5 aliphatic rings. The third kappa shape index (κ3) is 17.2. The molecule has 518 valence electrons. The van der Waals surface area contributed by atoms with Gasteiger partial charge in [0.1, 0.15) is 117 Å². The number of esters is 5. The first kappa shape index (κ1) is 72.9. The van der Waals surface area contributed by atoms with Crippen molar-refractivity contribution in [2.45, 2.75) is 161 Å². The molecule has 0 saturated carbocycles. The van der Waals surface area contributed by atoms with Crippen LogP contribution in [0.4, 0.5) is 0 Å². The number of carbonyl (C=O) groups excluding carboxylic acids is 5. The van der Waals surface area contributed by atoms with E-state index in [1.165, 1.54) is 79.9 Å². The number of phenolic OH excluding ortho intramolecular Hbond substituents is 2. The smallest absolute Gasteiger partial charge is 0.338 e. The molecule has 94 heavy (non-hydrogen) atoms. The minimum absolute atomic E-state index is 0.0359. The Morgan fingerprint density at radius 3 is 1.62 bits per heavy atom. The van der Waals surface area contributed by atoms with Crippen LogP contribution in [0.1, 0.15) is 35.3 Å². The summed E-state index contributed by atoms with van der Waals surface area (Å²) in [6.45, 7) is -4.79. The number of aromatic hydroxyl groups is 2. The van der Waals surface area contributed by atoms with Gasteiger partial charge in [0.15, 0.2) is 55.0 Å². The van der Waals surface area contributed by atoms with E-state index in [1.54, 1.807) is 6.07 Å². The van der Waals surface area contributed by atoms with Crippen LogP contribution >= 0.6 is 0 Å². The van der Waals surface area contributed by atoms with Crippen LogP contribution in [0.5, 0.6) is 17.2 Å². The average Bonchev–Trinajstić information content (AvgIpc) is 1.38. The van der Waals surface area contributed by atoms with E-state index in [0.717, 1.165) is 32.1 Å². The predicted molar refractivity (Wildman–Crippen MR) is 304 cm³/mol. The van der Waals surface area contributed by atoms with Gasteiger partial charge in [-0.3, -0.25) is 9.59 Å². The molecule has 0 spiro atoms. The summed E-state index contributed by atoms with van der Waals surface area (Å²) in [4.78, 5) is 67.5. The highest BCUT2D eigenvalue weighted by molar-refractivity contribution is 5.90. The van der Waals surface area contributed by atoms with Crippen LogP contribution in [0, 0.1) is 0 Å². The minimum atomic E-state index is -3.00. The fourth-order valence-electron chi connectivity index (χ4n) is 10.7. The van der Waals surface area contributed by atoms with E-state index in [-0.39, 0.29) is 28.4 Å². The number of rotatable bonds is 25. The van der Waals surface area contributed by atoms with Crippen LogP contribution in [0.15, 0.2) is 84.9 Å². The van der Waals surface area contributed by atoms with Gasteiger partial charge in [0, 0.05) is 26.0 Å². The van der Waals surface area contributed by atoms with Crippen molar-refractivity contribution in [2.24, 2.45) is 0 Å². The zero-order valence-electron chi connectivity index (χ0n) is 50.2. The van der Waals surface area contributed by atoms with Gasteiger partial charge < -0.3 is 143 Å². The zero-order chi connectivity index (χ0) is 68.3. The molecule has 5 saturated heterocycles. The Bertz CT molecular complexity index is 3060. The summed E-state index contributed by atoms with van der Waals surface area (Å²) in [5, 5.41) is 154. The largest absolute Gasteiger partial charge is 0.508 e. The molecule has 34 nitrogen and oxygen atoms in total. The van der Waals surface area contributed by atoms with E-state index in [2.05, 4.69) is 0 Å². The van der Waals surface area contributed by atoms with Gasteiger partial charge in [-0.25, -0.2) is 14.4 Å². The fourth-order valence-corrected chi connectivity index (χ4v) is 10.7. The second-order valence-electron chi connectivity index (χ2n) is 22.0. The Kier molecular flexibility index (Phi) is 25.3. The van der Waals surface area contributed by atoms with Crippen LogP contribution in [-0.2, 0) is 85.5 Å². The van der Waals surface area contributed by atoms with E-state index >= 15 is 0 Å². The summed E-state index contributed by atoms with van der Waals surface area (Å²) in [7, 11) is 1.25. The number of benzene rings is 3. The summed E-state index contributed by atoms with van der Waals surface area (Å²) in [5.41, 5.74) is 0.422. The number of hydrogen-bond acceptors (Lipinski definition) is 34. The molecule has 0 aliphatic carbocycles. The van der Waals surface area contributed by atoms with E-state index < -0.39 is 216 Å². The Morgan fingerprint density at radius 1 is 0.500 bits per heavy atom. The first-order valence-electron chi connectivity index (χ1n) is 29.1. The molecule has 5 fully saturated rings. The average molecular weight is 1340 g/mol. The maximum absolute atomic E-state index is 14.3. The molecule has 24 atom stereocenters. The highest BCUT2D eigenvalue weighted by Gasteiger charge is 2.64. The Hall–Kier alpha value is -6.95. The summed E-state index contributed by atoms with van der Waals surface area (Å²) in [5.74, 6) is -9.25. The molecule has 5 aliphatic heterocycles. The quantitative estimate of drug-likeness (QED) is 0.0215. The SMILES string of the molecule is COc1cc(C=CC(=O)O[C@H]2[C@@H](O[C@H]3O[C@H](COC(C)=O)[C@@H](OC(C)=O)[C@H](O[C@@H]4O[C@@H](CO)[C@H](O)[C@@H](O)[C@@H]4O)[C@H]3O)[C@@H](O[C@H]3O[C@@H](CO)[C@H](O)[C@H](O)[C@H]3O)[C@H](O[C@]3(COC(=O)C=Cc4ccc(O)cc4)O[C@@H](CO)[C@@H](O)[C@@H]3OC(=O)c3ccccc3)O[C@H]2CO)ccc1O. The summed E-state index contributed by atoms with van der Waals surface area (Å²) < 4.78 is 89.2. The molecule has 0 aromatic heterocycles. The third-order valence-electron chi connectivity index (χ3n) is 15.5. The Labute approximate surface area is 533 Å². The minimum Gasteiger partial charge on any atom is -0.508 e. The third-order valence-corrected chi connectivity index (χ3v) is 15.5. The summed E-state index contributed by atoms with van der Waals surface area (Å²) in [6, 6.07) is 16.4. The first-order chi connectivity index (χ1) is 44.8. The standard InChI is InChI=1S/C60H74O34/c1-26(65)81-24-38-50(83-27(2)66)51(89-56-46(76)44(74)41(71)34(20-61)84-56)48(78)58(87-38)90-52-49(88-40(70)18-13-29-11-16-32(68)33(19-29)80-3)37(23-64)86-59(53(52)91-57-47(77)45(75)42(72)35(21-62)85-57)94-60(25-82-39(69)17-12-28-9-14-31(67)15-10-28)54(43(73)36(22-63)93-60)92-55(79)30-7-5-4-6-8-30/h4-19,34-38,41-54,56-59,61-64,67-68,71-78H,20-25H2,1-3H3/t34-,35-,36-,37-,38+,41-,42-,43+,44+,45-,46-,47+,48+,49+,50+,51+,52+,53+,54-,56-,57+,58+,59-,60-/m0/s1. The van der Waals surface area contributed by atoms with Crippen LogP contribution in [0.25, 0.3) is 12.2 Å². The summed E-state index contributed by atoms with van der Waals surface area (Å²) in [6.07, 6.45) is -45.6.